The SMILES string of the molecule is Cc1ccc(C(CNC(=O)c2cscn2)N2CCCC2)cc1. The molecule has 1 unspecified atom stereocenters. The van der Waals surface area contributed by atoms with Gasteiger partial charge in [0.25, 0.3) is 5.91 Å². The first-order valence-electron chi connectivity index (χ1n) is 7.71. The lowest BCUT2D eigenvalue weighted by atomic mass is 10.0. The van der Waals surface area contributed by atoms with Crippen molar-refractivity contribution < 1.29 is 4.79 Å². The van der Waals surface area contributed by atoms with E-state index in [0.717, 1.165) is 13.1 Å². The van der Waals surface area contributed by atoms with Gasteiger partial charge in [0.15, 0.2) is 0 Å². The van der Waals surface area contributed by atoms with Crippen molar-refractivity contribution >= 4 is 17.2 Å². The molecule has 0 radical (unpaired) electrons. The Hall–Kier alpha value is -1.72. The van der Waals surface area contributed by atoms with Gasteiger partial charge in [-0.1, -0.05) is 29.8 Å². The standard InChI is InChI=1S/C17H21N3OS/c1-13-4-6-14(7-5-13)16(20-8-2-3-9-20)10-18-17(21)15-11-22-12-19-15/h4-7,11-12,16H,2-3,8-10H2,1H3,(H,18,21). The van der Waals surface area contributed by atoms with E-state index in [-0.39, 0.29) is 11.9 Å². The third-order valence-corrected chi connectivity index (χ3v) is 4.75. The number of nitrogens with one attached hydrogen (secondary N) is 1. The summed E-state index contributed by atoms with van der Waals surface area (Å²) in [6, 6.07) is 8.87. The smallest absolute Gasteiger partial charge is 0.270 e. The summed E-state index contributed by atoms with van der Waals surface area (Å²) in [6.07, 6.45) is 2.48. The molecule has 4 nitrogen and oxygen atoms in total. The fraction of sp³-hybridized carbons (Fsp3) is 0.412. The van der Waals surface area contributed by atoms with E-state index in [1.807, 2.05) is 0 Å². The van der Waals surface area contributed by atoms with Gasteiger partial charge in [-0.05, 0) is 38.4 Å². The van der Waals surface area contributed by atoms with Crippen molar-refractivity contribution in [3.8, 4) is 0 Å². The monoisotopic (exact) mass is 315 g/mol. The van der Waals surface area contributed by atoms with Crippen molar-refractivity contribution in [1.29, 1.82) is 0 Å². The maximum absolute atomic E-state index is 12.1. The van der Waals surface area contributed by atoms with Crippen LogP contribution in [0.1, 0.15) is 40.5 Å². The zero-order valence-electron chi connectivity index (χ0n) is 12.8. The van der Waals surface area contributed by atoms with E-state index in [9.17, 15) is 4.79 Å². The van der Waals surface area contributed by atoms with Gasteiger partial charge in [0, 0.05) is 11.9 Å². The second-order valence-electron chi connectivity index (χ2n) is 5.75. The van der Waals surface area contributed by atoms with Crippen molar-refractivity contribution in [2.75, 3.05) is 19.6 Å². The average molecular weight is 315 g/mol. The van der Waals surface area contributed by atoms with Crippen LogP contribution in [0, 0.1) is 6.92 Å². The van der Waals surface area contributed by atoms with Crippen LogP contribution in [0.4, 0.5) is 0 Å². The van der Waals surface area contributed by atoms with Crippen LogP contribution in [0.5, 0.6) is 0 Å². The number of rotatable bonds is 5. The van der Waals surface area contributed by atoms with Crippen LogP contribution in [0.15, 0.2) is 35.2 Å². The predicted molar refractivity (Wildman–Crippen MR) is 89.2 cm³/mol. The summed E-state index contributed by atoms with van der Waals surface area (Å²) in [4.78, 5) is 18.7. The van der Waals surface area contributed by atoms with Gasteiger partial charge in [0.05, 0.1) is 11.6 Å². The van der Waals surface area contributed by atoms with E-state index < -0.39 is 0 Å². The summed E-state index contributed by atoms with van der Waals surface area (Å²) < 4.78 is 0. The van der Waals surface area contributed by atoms with Gasteiger partial charge in [-0.2, -0.15) is 0 Å². The molecule has 1 amide bonds. The predicted octanol–water partition coefficient (Wildman–Crippen LogP) is 3.02. The van der Waals surface area contributed by atoms with Gasteiger partial charge in [0.2, 0.25) is 0 Å². The number of aryl methyl sites for hydroxylation is 1. The zero-order valence-corrected chi connectivity index (χ0v) is 13.6. The minimum absolute atomic E-state index is 0.0856. The first kappa shape index (κ1) is 15.2. The van der Waals surface area contributed by atoms with Gasteiger partial charge < -0.3 is 5.32 Å². The number of hydrogen-bond donors (Lipinski definition) is 1. The van der Waals surface area contributed by atoms with Crippen molar-refractivity contribution in [3.05, 3.63) is 52.0 Å². The number of carbonyl (C=O) groups excluding carboxylic acids is 1. The first-order chi connectivity index (χ1) is 10.7. The maximum Gasteiger partial charge on any atom is 0.270 e. The van der Waals surface area contributed by atoms with Gasteiger partial charge in [0.1, 0.15) is 5.69 Å². The Labute approximate surface area is 135 Å². The van der Waals surface area contributed by atoms with Crippen LogP contribution in [0.2, 0.25) is 0 Å². The molecule has 1 fully saturated rings. The van der Waals surface area contributed by atoms with Crippen molar-refractivity contribution in [3.63, 3.8) is 0 Å². The highest BCUT2D eigenvalue weighted by Crippen LogP contribution is 2.25. The minimum Gasteiger partial charge on any atom is -0.349 e. The quantitative estimate of drug-likeness (QED) is 0.922. The number of carbonyl (C=O) groups is 1. The molecule has 116 valence electrons. The molecule has 2 aromatic rings. The van der Waals surface area contributed by atoms with Crippen molar-refractivity contribution in [1.82, 2.24) is 15.2 Å². The van der Waals surface area contributed by atoms with Crippen molar-refractivity contribution in [2.45, 2.75) is 25.8 Å². The average Bonchev–Trinajstić information content (AvgIpc) is 3.22. The highest BCUT2D eigenvalue weighted by atomic mass is 32.1. The van der Waals surface area contributed by atoms with E-state index >= 15 is 0 Å². The third-order valence-electron chi connectivity index (χ3n) is 4.16. The fourth-order valence-corrected chi connectivity index (χ4v) is 3.44. The van der Waals surface area contributed by atoms with E-state index in [1.54, 1.807) is 10.9 Å². The largest absolute Gasteiger partial charge is 0.349 e. The number of amides is 1. The van der Waals surface area contributed by atoms with E-state index in [4.69, 9.17) is 0 Å². The lowest BCUT2D eigenvalue weighted by Gasteiger charge is -2.28. The summed E-state index contributed by atoms with van der Waals surface area (Å²) in [7, 11) is 0. The summed E-state index contributed by atoms with van der Waals surface area (Å²) in [5.74, 6) is -0.0856. The molecule has 1 N–H and O–H groups in total. The second-order valence-corrected chi connectivity index (χ2v) is 6.47. The number of aromatic nitrogens is 1. The van der Waals surface area contributed by atoms with Gasteiger partial charge in [-0.25, -0.2) is 4.98 Å². The van der Waals surface area contributed by atoms with Gasteiger partial charge >= 0.3 is 0 Å². The van der Waals surface area contributed by atoms with E-state index in [2.05, 4.69) is 46.4 Å². The highest BCUT2D eigenvalue weighted by molar-refractivity contribution is 7.07. The van der Waals surface area contributed by atoms with Crippen LogP contribution < -0.4 is 5.32 Å². The van der Waals surface area contributed by atoms with Crippen LogP contribution in [-0.4, -0.2) is 35.4 Å². The summed E-state index contributed by atoms with van der Waals surface area (Å²) in [6.45, 7) is 4.92. The summed E-state index contributed by atoms with van der Waals surface area (Å²) in [5.41, 5.74) is 4.72. The molecular formula is C17H21N3OS. The van der Waals surface area contributed by atoms with Crippen LogP contribution in [-0.2, 0) is 0 Å². The second kappa shape index (κ2) is 7.03. The Morgan fingerprint density at radius 1 is 1.32 bits per heavy atom. The lowest BCUT2D eigenvalue weighted by Crippen LogP contribution is -2.36. The third kappa shape index (κ3) is 3.54. The Bertz CT molecular complexity index is 603. The Morgan fingerprint density at radius 3 is 2.68 bits per heavy atom. The normalized spacial score (nSPS) is 16.6. The molecule has 22 heavy (non-hydrogen) atoms. The number of thiazole rings is 1. The molecule has 1 aromatic carbocycles. The van der Waals surface area contributed by atoms with Gasteiger partial charge in [-0.3, -0.25) is 9.69 Å². The molecule has 1 saturated heterocycles. The number of hydrogen-bond acceptors (Lipinski definition) is 4. The molecule has 0 bridgehead atoms. The molecular weight excluding hydrogens is 294 g/mol. The highest BCUT2D eigenvalue weighted by Gasteiger charge is 2.24. The topological polar surface area (TPSA) is 45.2 Å². The van der Waals surface area contributed by atoms with Crippen LogP contribution in [0.25, 0.3) is 0 Å². The fourth-order valence-electron chi connectivity index (χ4n) is 2.90. The molecule has 1 aliphatic rings. The molecule has 5 heteroatoms. The molecule has 1 atom stereocenters. The van der Waals surface area contributed by atoms with E-state index in [0.29, 0.717) is 12.2 Å². The molecule has 0 saturated carbocycles. The number of likely N-dealkylation sites (tertiary alicyclic amines) is 1. The van der Waals surface area contributed by atoms with Gasteiger partial charge in [-0.15, -0.1) is 11.3 Å². The lowest BCUT2D eigenvalue weighted by molar-refractivity contribution is 0.0933. The van der Waals surface area contributed by atoms with E-state index in [1.165, 1.54) is 35.3 Å². The van der Waals surface area contributed by atoms with Crippen LogP contribution in [0.3, 0.4) is 0 Å². The minimum atomic E-state index is -0.0856. The molecule has 0 spiro atoms. The molecule has 2 heterocycles. The number of benzene rings is 1. The molecule has 1 aromatic heterocycles. The number of nitrogens with zero attached hydrogens (tertiary/aromatic N) is 2. The Balaban J connectivity index is 1.71. The summed E-state index contributed by atoms with van der Waals surface area (Å²) in [5, 5.41) is 4.82. The first-order valence-corrected chi connectivity index (χ1v) is 8.65. The van der Waals surface area contributed by atoms with Crippen molar-refractivity contribution in [2.24, 2.45) is 0 Å². The molecule has 3 rings (SSSR count). The van der Waals surface area contributed by atoms with Crippen LogP contribution >= 0.6 is 11.3 Å². The Morgan fingerprint density at radius 2 is 2.05 bits per heavy atom. The Kier molecular flexibility index (Phi) is 4.85. The maximum atomic E-state index is 12.1. The summed E-state index contributed by atoms with van der Waals surface area (Å²) >= 11 is 1.44. The molecule has 1 aliphatic heterocycles. The molecule has 0 aliphatic carbocycles. The zero-order chi connectivity index (χ0) is 15.4.